The van der Waals surface area contributed by atoms with Crippen molar-refractivity contribution in [3.05, 3.63) is 236 Å². The minimum Gasteiger partial charge on any atom is -0.208 e. The summed E-state index contributed by atoms with van der Waals surface area (Å²) in [5.41, 5.74) is 20.7. The molecule has 5 aliphatic carbocycles. The molecule has 1 heterocycles. The van der Waals surface area contributed by atoms with Crippen LogP contribution in [0.15, 0.2) is 224 Å². The van der Waals surface area contributed by atoms with Crippen molar-refractivity contribution in [1.29, 1.82) is 0 Å². The van der Waals surface area contributed by atoms with Gasteiger partial charge in [-0.3, -0.25) is 0 Å². The molecule has 1 aromatic heterocycles. The Labute approximate surface area is 410 Å². The quantitative estimate of drug-likeness (QED) is 0.153. The Balaban J connectivity index is 0.949. The summed E-state index contributed by atoms with van der Waals surface area (Å²) in [4.78, 5) is 16.0. The summed E-state index contributed by atoms with van der Waals surface area (Å²) in [6.07, 6.45) is 6.87. The van der Waals surface area contributed by atoms with Crippen LogP contribution in [0.3, 0.4) is 0 Å². The lowest BCUT2D eigenvalue weighted by Crippen LogP contribution is -2.55. The predicted octanol–water partition coefficient (Wildman–Crippen LogP) is 16.9. The molecule has 0 radical (unpaired) electrons. The number of hydrogen-bond donors (Lipinski definition) is 0. The topological polar surface area (TPSA) is 38.7 Å². The minimum absolute atomic E-state index is 0.0734. The zero-order chi connectivity index (χ0) is 46.2. The molecule has 4 bridgehead atoms. The number of benzene rings is 9. The Bertz CT molecular complexity index is 3450. The van der Waals surface area contributed by atoms with E-state index in [0.29, 0.717) is 29.3 Å². The molecule has 4 saturated carbocycles. The van der Waals surface area contributed by atoms with Crippen molar-refractivity contribution < 1.29 is 0 Å². The van der Waals surface area contributed by atoms with Gasteiger partial charge in [0.25, 0.3) is 0 Å². The number of rotatable bonds is 8. The molecule has 0 atom stereocenters. The highest BCUT2D eigenvalue weighted by molar-refractivity contribution is 5.87. The predicted molar refractivity (Wildman–Crippen MR) is 287 cm³/mol. The molecule has 0 amide bonds. The van der Waals surface area contributed by atoms with E-state index in [1.807, 2.05) is 0 Å². The first-order chi connectivity index (χ1) is 34.6. The second kappa shape index (κ2) is 16.6. The largest absolute Gasteiger partial charge is 0.208 e. The van der Waals surface area contributed by atoms with E-state index >= 15 is 0 Å². The van der Waals surface area contributed by atoms with Gasteiger partial charge < -0.3 is 0 Å². The van der Waals surface area contributed by atoms with Gasteiger partial charge in [0.2, 0.25) is 0 Å². The van der Waals surface area contributed by atoms with Crippen molar-refractivity contribution in [1.82, 2.24) is 15.0 Å². The van der Waals surface area contributed by atoms with Crippen LogP contribution >= 0.6 is 0 Å². The van der Waals surface area contributed by atoms with Gasteiger partial charge in [0.05, 0.1) is 0 Å². The van der Waals surface area contributed by atoms with Gasteiger partial charge in [-0.1, -0.05) is 194 Å². The van der Waals surface area contributed by atoms with Crippen LogP contribution in [0.5, 0.6) is 0 Å². The number of hydrogen-bond acceptors (Lipinski definition) is 3. The Morgan fingerprint density at radius 3 is 1.16 bits per heavy atom. The van der Waals surface area contributed by atoms with Gasteiger partial charge in [-0.2, -0.15) is 0 Å². The average Bonchev–Trinajstić information content (AvgIpc) is 3.73. The molecule has 10 aromatic rings. The van der Waals surface area contributed by atoms with Gasteiger partial charge in [-0.15, -0.1) is 0 Å². The molecule has 70 heavy (non-hydrogen) atoms. The Morgan fingerprint density at radius 1 is 0.257 bits per heavy atom. The molecule has 15 rings (SSSR count). The van der Waals surface area contributed by atoms with Crippen molar-refractivity contribution >= 4 is 0 Å². The molecule has 3 heteroatoms. The summed E-state index contributed by atoms with van der Waals surface area (Å²) < 4.78 is 0. The minimum atomic E-state index is 0.0734. The first-order valence-corrected chi connectivity index (χ1v) is 25.2. The third kappa shape index (κ3) is 6.90. The van der Waals surface area contributed by atoms with Crippen LogP contribution in [0.2, 0.25) is 0 Å². The molecule has 0 N–H and O–H groups in total. The van der Waals surface area contributed by atoms with Gasteiger partial charge in [-0.25, -0.2) is 15.0 Å². The molecule has 0 saturated heterocycles. The lowest BCUT2D eigenvalue weighted by molar-refractivity contribution is -0.0399. The maximum absolute atomic E-state index is 5.38. The first kappa shape index (κ1) is 41.0. The lowest BCUT2D eigenvalue weighted by atomic mass is 9.43. The Morgan fingerprint density at radius 2 is 0.614 bits per heavy atom. The molecule has 0 unspecified atom stereocenters. The smallest absolute Gasteiger partial charge is 0.164 e. The van der Waals surface area contributed by atoms with E-state index in [0.717, 1.165) is 50.8 Å². The summed E-state index contributed by atoms with van der Waals surface area (Å²) in [5, 5.41) is 0. The van der Waals surface area contributed by atoms with E-state index in [2.05, 4.69) is 224 Å². The second-order valence-electron chi connectivity index (χ2n) is 20.4. The van der Waals surface area contributed by atoms with Gasteiger partial charge in [-0.05, 0) is 164 Å². The van der Waals surface area contributed by atoms with Gasteiger partial charge in [0.15, 0.2) is 17.5 Å². The summed E-state index contributed by atoms with van der Waals surface area (Å²) in [6, 6.07) is 81.8. The molecule has 334 valence electrons. The number of aromatic nitrogens is 3. The summed E-state index contributed by atoms with van der Waals surface area (Å²) in [7, 11) is 0. The van der Waals surface area contributed by atoms with Crippen molar-refractivity contribution in [3.8, 4) is 101 Å². The standard InChI is InChI=1S/C67H51N3/c1-4-13-45(14-5-1)48-23-27-50(28-24-48)64-68-65(51-29-25-49(26-30-51)46-15-6-2-7-16-46)70-66(69-64)57-40-55(53-20-12-19-52(38-53)47-17-8-3-9-18-47)39-56(41-57)54-31-32-61-60-21-10-11-22-62(60)67(63(61)42-54)58-34-43-33-44(36-58)37-59(67)35-43/h1-32,38-44,58-59H,33-37H2. The van der Waals surface area contributed by atoms with Crippen LogP contribution in [0, 0.1) is 23.7 Å². The monoisotopic (exact) mass is 897 g/mol. The van der Waals surface area contributed by atoms with Crippen molar-refractivity contribution in [3.63, 3.8) is 0 Å². The molecule has 9 aromatic carbocycles. The van der Waals surface area contributed by atoms with Crippen LogP contribution in [0.25, 0.3) is 101 Å². The zero-order valence-electron chi connectivity index (χ0n) is 39.0. The lowest BCUT2D eigenvalue weighted by Gasteiger charge is -2.61. The molecular formula is C67H51N3. The Kier molecular flexibility index (Phi) is 9.72. The van der Waals surface area contributed by atoms with Crippen molar-refractivity contribution in [2.45, 2.75) is 37.5 Å². The zero-order valence-corrected chi connectivity index (χ0v) is 39.0. The normalized spacial score (nSPS) is 20.3. The van der Waals surface area contributed by atoms with Gasteiger partial charge in [0, 0.05) is 22.1 Å². The maximum atomic E-state index is 5.38. The van der Waals surface area contributed by atoms with E-state index < -0.39 is 0 Å². The van der Waals surface area contributed by atoms with Crippen LogP contribution < -0.4 is 0 Å². The van der Waals surface area contributed by atoms with E-state index in [-0.39, 0.29) is 5.41 Å². The van der Waals surface area contributed by atoms with Gasteiger partial charge >= 0.3 is 0 Å². The highest BCUT2D eigenvalue weighted by atomic mass is 15.0. The highest BCUT2D eigenvalue weighted by Gasteiger charge is 2.61. The third-order valence-electron chi connectivity index (χ3n) is 16.5. The summed E-state index contributed by atoms with van der Waals surface area (Å²) in [6.45, 7) is 0. The van der Waals surface area contributed by atoms with Gasteiger partial charge in [0.1, 0.15) is 0 Å². The summed E-state index contributed by atoms with van der Waals surface area (Å²) >= 11 is 0. The molecule has 4 fully saturated rings. The fraction of sp³-hybridized carbons (Fsp3) is 0.149. The number of nitrogens with zero attached hydrogens (tertiary/aromatic N) is 3. The first-order valence-electron chi connectivity index (χ1n) is 25.2. The third-order valence-corrected chi connectivity index (χ3v) is 16.5. The SMILES string of the molecule is c1ccc(-c2ccc(-c3nc(-c4ccc(-c5ccccc5)cc4)nc(-c4cc(-c5cccc(-c6ccccc6)c5)cc(-c5ccc6c(c5)C5(c7ccccc7-6)C6CC7CC(C6)CC5C7)c4)n3)cc2)cc1. The average molecular weight is 898 g/mol. The van der Waals surface area contributed by atoms with E-state index in [9.17, 15) is 0 Å². The van der Waals surface area contributed by atoms with Crippen LogP contribution in [0.1, 0.15) is 43.2 Å². The van der Waals surface area contributed by atoms with Crippen LogP contribution in [0.4, 0.5) is 0 Å². The van der Waals surface area contributed by atoms with Crippen LogP contribution in [-0.4, -0.2) is 15.0 Å². The summed E-state index contributed by atoms with van der Waals surface area (Å²) in [5.74, 6) is 5.08. The molecule has 5 aliphatic rings. The molecular weight excluding hydrogens is 847 g/mol. The maximum Gasteiger partial charge on any atom is 0.164 e. The molecule has 1 spiro atoms. The highest BCUT2D eigenvalue weighted by Crippen LogP contribution is 2.69. The Hall–Kier alpha value is -8.01. The molecule has 0 aliphatic heterocycles. The fourth-order valence-corrected chi connectivity index (χ4v) is 13.6. The van der Waals surface area contributed by atoms with Crippen LogP contribution in [-0.2, 0) is 5.41 Å². The van der Waals surface area contributed by atoms with Crippen molar-refractivity contribution in [2.24, 2.45) is 23.7 Å². The number of fused-ring (bicyclic) bond motifs is 3. The fourth-order valence-electron chi connectivity index (χ4n) is 13.6. The van der Waals surface area contributed by atoms with Crippen molar-refractivity contribution in [2.75, 3.05) is 0 Å². The molecule has 3 nitrogen and oxygen atoms in total. The second-order valence-corrected chi connectivity index (χ2v) is 20.4. The van der Waals surface area contributed by atoms with E-state index in [1.165, 1.54) is 76.6 Å². The van der Waals surface area contributed by atoms with E-state index in [4.69, 9.17) is 15.0 Å². The van der Waals surface area contributed by atoms with E-state index in [1.54, 1.807) is 11.1 Å².